The number of piperidine rings is 1. The number of anilines is 1. The molecular weight excluding hydrogens is 318 g/mol. The summed E-state index contributed by atoms with van der Waals surface area (Å²) in [4.78, 5) is 25.8. The van der Waals surface area contributed by atoms with Crippen LogP contribution < -0.4 is 5.32 Å². The van der Waals surface area contributed by atoms with Gasteiger partial charge in [0.1, 0.15) is 5.69 Å². The fourth-order valence-electron chi connectivity index (χ4n) is 4.35. The Kier molecular flexibility index (Phi) is 4.36. The summed E-state index contributed by atoms with van der Waals surface area (Å²) in [5, 5.41) is 14.6. The van der Waals surface area contributed by atoms with Crippen LogP contribution in [0.4, 0.5) is 11.4 Å². The first-order chi connectivity index (χ1) is 12.1. The number of benzene rings is 1. The van der Waals surface area contributed by atoms with Crippen LogP contribution in [0.15, 0.2) is 18.2 Å². The van der Waals surface area contributed by atoms with Crippen LogP contribution in [0.2, 0.25) is 0 Å². The molecule has 1 aromatic carbocycles. The lowest BCUT2D eigenvalue weighted by atomic mass is 9.75. The molecule has 0 bridgehead atoms. The molecule has 0 unspecified atom stereocenters. The Bertz CT molecular complexity index is 686. The molecule has 6 nitrogen and oxygen atoms in total. The summed E-state index contributed by atoms with van der Waals surface area (Å²) >= 11 is 0. The molecule has 0 aromatic heterocycles. The molecule has 3 aliphatic rings. The second kappa shape index (κ2) is 6.65. The minimum absolute atomic E-state index is 0.00491. The molecule has 2 aliphatic carbocycles. The number of nitro benzene ring substituents is 1. The number of hydrogen-bond acceptors (Lipinski definition) is 4. The lowest BCUT2D eigenvalue weighted by Crippen LogP contribution is -2.44. The third-order valence-electron chi connectivity index (χ3n) is 5.96. The highest BCUT2D eigenvalue weighted by Gasteiger charge is 2.34. The van der Waals surface area contributed by atoms with Gasteiger partial charge in [-0.05, 0) is 49.7 Å². The lowest BCUT2D eigenvalue weighted by molar-refractivity contribution is -0.384. The maximum Gasteiger partial charge on any atom is 0.293 e. The van der Waals surface area contributed by atoms with Gasteiger partial charge in [-0.2, -0.15) is 0 Å². The molecule has 25 heavy (non-hydrogen) atoms. The number of fused-ring (bicyclic) bond motifs is 1. The molecule has 1 amide bonds. The topological polar surface area (TPSA) is 75.5 Å². The van der Waals surface area contributed by atoms with Crippen molar-refractivity contribution >= 4 is 17.3 Å². The fourth-order valence-corrected chi connectivity index (χ4v) is 4.35. The first kappa shape index (κ1) is 16.4. The van der Waals surface area contributed by atoms with E-state index in [1.165, 1.54) is 31.7 Å². The molecular formula is C19H25N3O3. The number of carbonyl (C=O) groups is 1. The van der Waals surface area contributed by atoms with Gasteiger partial charge in [-0.1, -0.05) is 19.3 Å². The van der Waals surface area contributed by atoms with Gasteiger partial charge in [-0.3, -0.25) is 14.9 Å². The third kappa shape index (κ3) is 3.48. The number of carbonyl (C=O) groups excluding carboxylic acids is 1. The average molecular weight is 343 g/mol. The number of likely N-dealkylation sites (tertiary alicyclic amines) is 1. The smallest absolute Gasteiger partial charge is 0.293 e. The second-order valence-corrected chi connectivity index (χ2v) is 7.75. The van der Waals surface area contributed by atoms with Crippen molar-refractivity contribution in [3.8, 4) is 0 Å². The Balaban J connectivity index is 1.51. The predicted molar refractivity (Wildman–Crippen MR) is 95.7 cm³/mol. The highest BCUT2D eigenvalue weighted by Crippen LogP contribution is 2.37. The van der Waals surface area contributed by atoms with Gasteiger partial charge in [0, 0.05) is 30.8 Å². The number of hydrogen-bond donors (Lipinski definition) is 1. The fraction of sp³-hybridized carbons (Fsp3) is 0.632. The Morgan fingerprint density at radius 2 is 1.88 bits per heavy atom. The Morgan fingerprint density at radius 1 is 1.12 bits per heavy atom. The van der Waals surface area contributed by atoms with E-state index in [9.17, 15) is 14.9 Å². The molecule has 0 radical (unpaired) electrons. The van der Waals surface area contributed by atoms with E-state index in [0.717, 1.165) is 38.3 Å². The van der Waals surface area contributed by atoms with Crippen LogP contribution in [0, 0.1) is 22.0 Å². The van der Waals surface area contributed by atoms with Crippen molar-refractivity contribution < 1.29 is 9.72 Å². The van der Waals surface area contributed by atoms with Gasteiger partial charge in [0.25, 0.3) is 11.6 Å². The van der Waals surface area contributed by atoms with Gasteiger partial charge >= 0.3 is 0 Å². The van der Waals surface area contributed by atoms with Crippen molar-refractivity contribution in [2.45, 2.75) is 51.0 Å². The van der Waals surface area contributed by atoms with Crippen molar-refractivity contribution in [3.05, 3.63) is 33.9 Å². The molecule has 1 saturated heterocycles. The van der Waals surface area contributed by atoms with Gasteiger partial charge < -0.3 is 10.2 Å². The Morgan fingerprint density at radius 3 is 2.60 bits per heavy atom. The number of nitrogens with zero attached hydrogens (tertiary/aromatic N) is 2. The van der Waals surface area contributed by atoms with E-state index < -0.39 is 4.92 Å². The summed E-state index contributed by atoms with van der Waals surface area (Å²) in [6.07, 6.45) is 8.24. The van der Waals surface area contributed by atoms with Crippen LogP contribution in [0.5, 0.6) is 0 Å². The molecule has 1 heterocycles. The van der Waals surface area contributed by atoms with Crippen LogP contribution in [0.1, 0.15) is 55.3 Å². The summed E-state index contributed by atoms with van der Waals surface area (Å²) in [6.45, 7) is 1.58. The minimum atomic E-state index is -0.394. The van der Waals surface area contributed by atoms with Crippen LogP contribution in [0.3, 0.4) is 0 Å². The zero-order valence-corrected chi connectivity index (χ0v) is 14.4. The molecule has 134 valence electrons. The van der Waals surface area contributed by atoms with Gasteiger partial charge in [-0.15, -0.1) is 0 Å². The highest BCUT2D eigenvalue weighted by molar-refractivity contribution is 5.95. The van der Waals surface area contributed by atoms with Gasteiger partial charge in [0.15, 0.2) is 0 Å². The van der Waals surface area contributed by atoms with Crippen LogP contribution in [-0.4, -0.2) is 34.9 Å². The predicted octanol–water partition coefficient (Wildman–Crippen LogP) is 3.82. The van der Waals surface area contributed by atoms with E-state index in [1.54, 1.807) is 12.1 Å². The van der Waals surface area contributed by atoms with E-state index >= 15 is 0 Å². The molecule has 4 rings (SSSR count). The molecule has 2 atom stereocenters. The zero-order chi connectivity index (χ0) is 17.4. The van der Waals surface area contributed by atoms with Crippen LogP contribution in [0.25, 0.3) is 0 Å². The van der Waals surface area contributed by atoms with E-state index in [4.69, 9.17) is 0 Å². The van der Waals surface area contributed by atoms with Crippen molar-refractivity contribution in [1.29, 1.82) is 0 Å². The van der Waals surface area contributed by atoms with E-state index in [1.807, 2.05) is 4.90 Å². The lowest BCUT2D eigenvalue weighted by Gasteiger charge is -2.41. The molecule has 1 N–H and O–H groups in total. The first-order valence-electron chi connectivity index (χ1n) is 9.46. The number of rotatable bonds is 4. The normalized spacial score (nSPS) is 26.0. The molecule has 6 heteroatoms. The van der Waals surface area contributed by atoms with E-state index in [2.05, 4.69) is 5.32 Å². The SMILES string of the molecule is O=C(c1ccc(NC2CC2)c([N+](=O)[O-])c1)N1CC[C@@H]2CCCC[C@@H]2C1. The monoisotopic (exact) mass is 343 g/mol. The molecule has 1 aromatic rings. The number of nitrogens with one attached hydrogen (secondary N) is 1. The maximum absolute atomic E-state index is 12.9. The van der Waals surface area contributed by atoms with E-state index in [0.29, 0.717) is 23.2 Å². The van der Waals surface area contributed by atoms with Crippen molar-refractivity contribution in [2.24, 2.45) is 11.8 Å². The molecule has 2 saturated carbocycles. The highest BCUT2D eigenvalue weighted by atomic mass is 16.6. The minimum Gasteiger partial charge on any atom is -0.377 e. The van der Waals surface area contributed by atoms with E-state index in [-0.39, 0.29) is 11.6 Å². The van der Waals surface area contributed by atoms with Crippen LogP contribution >= 0.6 is 0 Å². The standard InChI is InChI=1S/C19H25N3O3/c23-19(21-10-9-13-3-1-2-4-15(13)12-21)14-5-8-17(20-16-6-7-16)18(11-14)22(24)25/h5,8,11,13,15-16,20H,1-4,6-7,9-10,12H2/t13-,15+/m0/s1. The maximum atomic E-state index is 12.9. The molecule has 1 aliphatic heterocycles. The van der Waals surface area contributed by atoms with Gasteiger partial charge in [-0.25, -0.2) is 0 Å². The first-order valence-corrected chi connectivity index (χ1v) is 9.46. The van der Waals surface area contributed by atoms with Crippen LogP contribution in [-0.2, 0) is 0 Å². The summed E-state index contributed by atoms with van der Waals surface area (Å²) in [7, 11) is 0. The summed E-state index contributed by atoms with van der Waals surface area (Å²) in [5.41, 5.74) is 0.961. The van der Waals surface area contributed by atoms with Crippen molar-refractivity contribution in [2.75, 3.05) is 18.4 Å². The van der Waals surface area contributed by atoms with Crippen molar-refractivity contribution in [1.82, 2.24) is 4.90 Å². The largest absolute Gasteiger partial charge is 0.377 e. The molecule has 0 spiro atoms. The summed E-state index contributed by atoms with van der Waals surface area (Å²) in [5.74, 6) is 1.31. The number of amides is 1. The Labute approximate surface area is 147 Å². The van der Waals surface area contributed by atoms with Gasteiger partial charge in [0.05, 0.1) is 4.92 Å². The third-order valence-corrected chi connectivity index (χ3v) is 5.96. The number of nitro groups is 1. The Hall–Kier alpha value is -2.11. The molecule has 3 fully saturated rings. The summed E-state index contributed by atoms with van der Waals surface area (Å²) in [6, 6.07) is 5.20. The zero-order valence-electron chi connectivity index (χ0n) is 14.4. The quantitative estimate of drug-likeness (QED) is 0.666. The average Bonchev–Trinajstić information content (AvgIpc) is 3.45. The second-order valence-electron chi connectivity index (χ2n) is 7.75. The van der Waals surface area contributed by atoms with Gasteiger partial charge in [0.2, 0.25) is 0 Å². The summed E-state index contributed by atoms with van der Waals surface area (Å²) < 4.78 is 0. The van der Waals surface area contributed by atoms with Crippen molar-refractivity contribution in [3.63, 3.8) is 0 Å².